The largest absolute Gasteiger partial charge is 0.381 e. The summed E-state index contributed by atoms with van der Waals surface area (Å²) in [7, 11) is 0. The minimum absolute atomic E-state index is 0.623. The summed E-state index contributed by atoms with van der Waals surface area (Å²) in [4.78, 5) is 0. The van der Waals surface area contributed by atoms with Gasteiger partial charge in [0.25, 0.3) is 0 Å². The van der Waals surface area contributed by atoms with Gasteiger partial charge in [0, 0.05) is 19.8 Å². The lowest BCUT2D eigenvalue weighted by atomic mass is 9.86. The molecule has 0 aromatic heterocycles. The van der Waals surface area contributed by atoms with Crippen molar-refractivity contribution in [1.82, 2.24) is 5.32 Å². The first-order chi connectivity index (χ1) is 8.90. The van der Waals surface area contributed by atoms with E-state index in [2.05, 4.69) is 42.6 Å². The zero-order valence-corrected chi connectivity index (χ0v) is 11.4. The Balaban J connectivity index is 1.95. The van der Waals surface area contributed by atoms with Crippen molar-refractivity contribution < 1.29 is 4.74 Å². The monoisotopic (exact) mass is 247 g/mol. The fourth-order valence-electron chi connectivity index (χ4n) is 2.78. The molecule has 0 spiro atoms. The highest BCUT2D eigenvalue weighted by atomic mass is 16.5. The van der Waals surface area contributed by atoms with Crippen LogP contribution in [0.2, 0.25) is 0 Å². The van der Waals surface area contributed by atoms with E-state index in [1.807, 2.05) is 0 Å². The van der Waals surface area contributed by atoms with Crippen LogP contribution < -0.4 is 5.32 Å². The molecule has 1 fully saturated rings. The topological polar surface area (TPSA) is 21.3 Å². The Hall–Kier alpha value is -0.860. The summed E-state index contributed by atoms with van der Waals surface area (Å²) in [5.74, 6) is 1.36. The van der Waals surface area contributed by atoms with E-state index in [4.69, 9.17) is 4.74 Å². The molecule has 2 heteroatoms. The van der Waals surface area contributed by atoms with E-state index in [1.165, 1.54) is 24.8 Å². The van der Waals surface area contributed by atoms with Crippen LogP contribution in [0, 0.1) is 5.92 Å². The molecule has 18 heavy (non-hydrogen) atoms. The van der Waals surface area contributed by atoms with Crippen molar-refractivity contribution in [2.75, 3.05) is 26.3 Å². The normalized spacial score (nSPS) is 21.7. The highest BCUT2D eigenvalue weighted by molar-refractivity contribution is 5.20. The van der Waals surface area contributed by atoms with Crippen molar-refractivity contribution in [2.45, 2.75) is 32.1 Å². The van der Waals surface area contributed by atoms with Crippen LogP contribution in [0.4, 0.5) is 0 Å². The third kappa shape index (κ3) is 4.11. The van der Waals surface area contributed by atoms with E-state index in [1.54, 1.807) is 0 Å². The Labute approximate surface area is 111 Å². The average molecular weight is 247 g/mol. The summed E-state index contributed by atoms with van der Waals surface area (Å²) in [5.41, 5.74) is 1.46. The van der Waals surface area contributed by atoms with Crippen LogP contribution in [0.3, 0.4) is 0 Å². The molecule has 1 saturated heterocycles. The summed E-state index contributed by atoms with van der Waals surface area (Å²) >= 11 is 0. The lowest BCUT2D eigenvalue weighted by molar-refractivity contribution is 0.0489. The van der Waals surface area contributed by atoms with E-state index in [9.17, 15) is 0 Å². The molecule has 0 aliphatic carbocycles. The van der Waals surface area contributed by atoms with Gasteiger partial charge >= 0.3 is 0 Å². The molecule has 0 saturated carbocycles. The Bertz CT molecular complexity index is 319. The fourth-order valence-corrected chi connectivity index (χ4v) is 2.78. The zero-order chi connectivity index (χ0) is 12.6. The predicted octanol–water partition coefficient (Wildman–Crippen LogP) is 3.20. The van der Waals surface area contributed by atoms with E-state index < -0.39 is 0 Å². The van der Waals surface area contributed by atoms with Crippen LogP contribution in [0.25, 0.3) is 0 Å². The number of hydrogen-bond donors (Lipinski definition) is 1. The first kappa shape index (κ1) is 13.6. The smallest absolute Gasteiger partial charge is 0.0494 e. The highest BCUT2D eigenvalue weighted by Gasteiger charge is 2.20. The molecule has 1 aromatic carbocycles. The maximum absolute atomic E-state index is 5.60. The lowest BCUT2D eigenvalue weighted by Gasteiger charge is -2.27. The van der Waals surface area contributed by atoms with Gasteiger partial charge in [0.05, 0.1) is 0 Å². The Kier molecular flexibility index (Phi) is 5.69. The molecule has 100 valence electrons. The van der Waals surface area contributed by atoms with E-state index >= 15 is 0 Å². The van der Waals surface area contributed by atoms with Crippen molar-refractivity contribution in [3.63, 3.8) is 0 Å². The van der Waals surface area contributed by atoms with Gasteiger partial charge in [-0.2, -0.15) is 0 Å². The van der Waals surface area contributed by atoms with Crippen molar-refractivity contribution in [1.29, 1.82) is 0 Å². The minimum atomic E-state index is 0.623. The maximum atomic E-state index is 5.60. The van der Waals surface area contributed by atoms with Gasteiger partial charge in [-0.3, -0.25) is 0 Å². The Morgan fingerprint density at radius 1 is 1.33 bits per heavy atom. The maximum Gasteiger partial charge on any atom is 0.0494 e. The number of ether oxygens (including phenoxy) is 1. The molecule has 1 aromatic rings. The number of benzene rings is 1. The van der Waals surface area contributed by atoms with Crippen molar-refractivity contribution in [2.24, 2.45) is 5.92 Å². The molecule has 2 atom stereocenters. The number of hydrogen-bond acceptors (Lipinski definition) is 2. The molecule has 0 bridgehead atoms. The quantitative estimate of drug-likeness (QED) is 0.833. The van der Waals surface area contributed by atoms with E-state index in [-0.39, 0.29) is 0 Å². The zero-order valence-electron chi connectivity index (χ0n) is 11.4. The number of likely N-dealkylation sites (N-methyl/N-ethyl adjacent to an activating group) is 1. The van der Waals surface area contributed by atoms with Crippen molar-refractivity contribution in [3.05, 3.63) is 35.9 Å². The van der Waals surface area contributed by atoms with Crippen LogP contribution in [-0.4, -0.2) is 26.3 Å². The Morgan fingerprint density at radius 2 is 2.17 bits per heavy atom. The Morgan fingerprint density at radius 3 is 2.83 bits per heavy atom. The molecule has 2 nitrogen and oxygen atoms in total. The van der Waals surface area contributed by atoms with Gasteiger partial charge in [0.2, 0.25) is 0 Å². The summed E-state index contributed by atoms with van der Waals surface area (Å²) < 4.78 is 5.60. The first-order valence-electron chi connectivity index (χ1n) is 7.23. The van der Waals surface area contributed by atoms with Gasteiger partial charge in [-0.15, -0.1) is 0 Å². The fraction of sp³-hybridized carbons (Fsp3) is 0.625. The molecule has 1 aliphatic heterocycles. The van der Waals surface area contributed by atoms with Gasteiger partial charge in [0.1, 0.15) is 0 Å². The van der Waals surface area contributed by atoms with E-state index in [0.717, 1.165) is 32.2 Å². The van der Waals surface area contributed by atoms with Gasteiger partial charge in [0.15, 0.2) is 0 Å². The molecular formula is C16H25NO. The second-order valence-electron chi connectivity index (χ2n) is 5.23. The van der Waals surface area contributed by atoms with Gasteiger partial charge < -0.3 is 10.1 Å². The second-order valence-corrected chi connectivity index (χ2v) is 5.23. The van der Waals surface area contributed by atoms with Crippen LogP contribution in [0.5, 0.6) is 0 Å². The van der Waals surface area contributed by atoms with E-state index in [0.29, 0.717) is 5.92 Å². The molecule has 1 heterocycles. The molecule has 1 aliphatic rings. The molecular weight excluding hydrogens is 222 g/mol. The van der Waals surface area contributed by atoms with Gasteiger partial charge in [-0.25, -0.2) is 0 Å². The third-order valence-corrected chi connectivity index (χ3v) is 3.78. The third-order valence-electron chi connectivity index (χ3n) is 3.78. The van der Waals surface area contributed by atoms with Gasteiger partial charge in [-0.1, -0.05) is 37.3 Å². The standard InChI is InChI=1S/C16H25NO/c1-2-17-12-16(15-8-4-3-5-9-15)11-14-7-6-10-18-13-14/h3-5,8-9,14,16-17H,2,6-7,10-13H2,1H3. The molecule has 0 amide bonds. The van der Waals surface area contributed by atoms with Crippen molar-refractivity contribution in [3.8, 4) is 0 Å². The highest BCUT2D eigenvalue weighted by Crippen LogP contribution is 2.27. The summed E-state index contributed by atoms with van der Waals surface area (Å²) in [5, 5.41) is 3.50. The summed E-state index contributed by atoms with van der Waals surface area (Å²) in [6.45, 7) is 6.21. The molecule has 1 N–H and O–H groups in total. The minimum Gasteiger partial charge on any atom is -0.381 e. The second kappa shape index (κ2) is 7.55. The summed E-state index contributed by atoms with van der Waals surface area (Å²) in [6, 6.07) is 10.9. The number of nitrogens with one attached hydrogen (secondary N) is 1. The lowest BCUT2D eigenvalue weighted by Crippen LogP contribution is -2.26. The molecule has 2 unspecified atom stereocenters. The average Bonchev–Trinajstić information content (AvgIpc) is 2.45. The van der Waals surface area contributed by atoms with Crippen LogP contribution in [0.15, 0.2) is 30.3 Å². The number of rotatable bonds is 6. The van der Waals surface area contributed by atoms with Crippen LogP contribution in [-0.2, 0) is 4.74 Å². The first-order valence-corrected chi connectivity index (χ1v) is 7.23. The molecule has 0 radical (unpaired) electrons. The van der Waals surface area contributed by atoms with Crippen LogP contribution >= 0.6 is 0 Å². The van der Waals surface area contributed by atoms with Crippen LogP contribution in [0.1, 0.15) is 37.7 Å². The summed E-state index contributed by atoms with van der Waals surface area (Å²) in [6.07, 6.45) is 3.81. The molecule has 2 rings (SSSR count). The van der Waals surface area contributed by atoms with Crippen molar-refractivity contribution >= 4 is 0 Å². The predicted molar refractivity (Wildman–Crippen MR) is 75.9 cm³/mol. The van der Waals surface area contributed by atoms with Gasteiger partial charge in [-0.05, 0) is 43.2 Å². The SMILES string of the molecule is CCNCC(CC1CCCOC1)c1ccccc1.